The molecule has 0 radical (unpaired) electrons. The Morgan fingerprint density at radius 1 is 0.895 bits per heavy atom. The zero-order valence-corrected chi connectivity index (χ0v) is 11.7. The number of para-hydroxylation sites is 3. The Morgan fingerprint density at radius 3 is 2.21 bits per heavy atom. The second kappa shape index (κ2) is 6.83. The third kappa shape index (κ3) is 4.02. The predicted molar refractivity (Wildman–Crippen MR) is 84.2 cm³/mol. The molecule has 0 aliphatic rings. The zero-order valence-electron chi connectivity index (χ0n) is 11.7. The van der Waals surface area contributed by atoms with Crippen molar-refractivity contribution in [1.29, 1.82) is 0 Å². The summed E-state index contributed by atoms with van der Waals surface area (Å²) in [6, 6.07) is 19.1. The molecule has 0 bridgehead atoms. The highest BCUT2D eigenvalue weighted by Crippen LogP contribution is 2.26. The molecule has 0 spiro atoms. The Bertz CT molecular complexity index is 494. The molecule has 0 aliphatic carbocycles. The molecule has 2 N–H and O–H groups in total. The molecule has 0 saturated carbocycles. The lowest BCUT2D eigenvalue weighted by atomic mass is 10.1. The van der Waals surface area contributed by atoms with Gasteiger partial charge in [0.1, 0.15) is 0 Å². The molecule has 0 heterocycles. The van der Waals surface area contributed by atoms with E-state index in [9.17, 15) is 0 Å². The van der Waals surface area contributed by atoms with Crippen LogP contribution >= 0.6 is 0 Å². The molecule has 100 valence electrons. The first kappa shape index (κ1) is 13.5. The van der Waals surface area contributed by atoms with E-state index < -0.39 is 0 Å². The first-order valence-electron chi connectivity index (χ1n) is 6.97. The minimum absolute atomic E-state index is 0.490. The van der Waals surface area contributed by atoms with Gasteiger partial charge in [0, 0.05) is 11.7 Å². The summed E-state index contributed by atoms with van der Waals surface area (Å²) >= 11 is 0. The molecule has 0 aromatic heterocycles. The fourth-order valence-corrected chi connectivity index (χ4v) is 2.17. The van der Waals surface area contributed by atoms with Gasteiger partial charge < -0.3 is 10.6 Å². The number of hydrogen-bond acceptors (Lipinski definition) is 2. The average molecular weight is 254 g/mol. The largest absolute Gasteiger partial charge is 0.381 e. The van der Waals surface area contributed by atoms with Crippen LogP contribution in [0.15, 0.2) is 54.6 Å². The van der Waals surface area contributed by atoms with E-state index in [1.54, 1.807) is 0 Å². The molecule has 0 amide bonds. The van der Waals surface area contributed by atoms with Gasteiger partial charge in [-0.15, -0.1) is 0 Å². The van der Waals surface area contributed by atoms with E-state index in [1.165, 1.54) is 12.8 Å². The van der Waals surface area contributed by atoms with Crippen LogP contribution in [0.5, 0.6) is 0 Å². The van der Waals surface area contributed by atoms with Crippen LogP contribution < -0.4 is 10.6 Å². The first-order valence-corrected chi connectivity index (χ1v) is 6.97. The van der Waals surface area contributed by atoms with Crippen molar-refractivity contribution in [3.8, 4) is 0 Å². The summed E-state index contributed by atoms with van der Waals surface area (Å²) in [6.45, 7) is 4.44. The maximum absolute atomic E-state index is 3.57. The van der Waals surface area contributed by atoms with Crippen LogP contribution in [0.3, 0.4) is 0 Å². The maximum Gasteiger partial charge on any atom is 0.0620 e. The second-order valence-corrected chi connectivity index (χ2v) is 4.87. The molecule has 0 aliphatic heterocycles. The molecular formula is C17H22N2. The molecular weight excluding hydrogens is 232 g/mol. The summed E-state index contributed by atoms with van der Waals surface area (Å²) < 4.78 is 0. The fourth-order valence-electron chi connectivity index (χ4n) is 2.17. The number of nitrogens with one attached hydrogen (secondary N) is 2. The van der Waals surface area contributed by atoms with Gasteiger partial charge in [-0.05, 0) is 37.6 Å². The molecule has 2 rings (SSSR count). The average Bonchev–Trinajstić information content (AvgIpc) is 2.42. The van der Waals surface area contributed by atoms with Gasteiger partial charge >= 0.3 is 0 Å². The lowest BCUT2D eigenvalue weighted by Gasteiger charge is -2.18. The topological polar surface area (TPSA) is 24.1 Å². The highest BCUT2D eigenvalue weighted by Gasteiger charge is 2.05. The molecule has 19 heavy (non-hydrogen) atoms. The normalized spacial score (nSPS) is 11.9. The van der Waals surface area contributed by atoms with Gasteiger partial charge in [-0.25, -0.2) is 0 Å². The highest BCUT2D eigenvalue weighted by atomic mass is 15.0. The molecule has 2 nitrogen and oxygen atoms in total. The first-order chi connectivity index (χ1) is 9.29. The van der Waals surface area contributed by atoms with Gasteiger partial charge in [0.05, 0.1) is 11.4 Å². The Balaban J connectivity index is 2.12. The second-order valence-electron chi connectivity index (χ2n) is 4.87. The summed E-state index contributed by atoms with van der Waals surface area (Å²) in [5.41, 5.74) is 3.39. The van der Waals surface area contributed by atoms with E-state index in [4.69, 9.17) is 0 Å². The summed E-state index contributed by atoms with van der Waals surface area (Å²) in [7, 11) is 0. The SMILES string of the molecule is CCCC(C)Nc1ccccc1Nc1ccccc1. The Hall–Kier alpha value is -1.96. The minimum atomic E-state index is 0.490. The maximum atomic E-state index is 3.57. The van der Waals surface area contributed by atoms with Gasteiger partial charge in [-0.1, -0.05) is 43.7 Å². The Kier molecular flexibility index (Phi) is 4.85. The van der Waals surface area contributed by atoms with Crippen molar-refractivity contribution in [2.75, 3.05) is 10.6 Å². The summed E-state index contributed by atoms with van der Waals surface area (Å²) in [5, 5.41) is 7.03. The molecule has 1 unspecified atom stereocenters. The Morgan fingerprint density at radius 2 is 1.53 bits per heavy atom. The van der Waals surface area contributed by atoms with Gasteiger partial charge in [0.2, 0.25) is 0 Å². The lowest BCUT2D eigenvalue weighted by molar-refractivity contribution is 0.691. The number of anilines is 3. The van der Waals surface area contributed by atoms with Crippen LogP contribution in [0.4, 0.5) is 17.1 Å². The van der Waals surface area contributed by atoms with Gasteiger partial charge in [-0.3, -0.25) is 0 Å². The molecule has 2 aromatic carbocycles. The van der Waals surface area contributed by atoms with E-state index in [0.29, 0.717) is 6.04 Å². The van der Waals surface area contributed by atoms with Crippen LogP contribution in [0.2, 0.25) is 0 Å². The van der Waals surface area contributed by atoms with E-state index in [0.717, 1.165) is 17.1 Å². The number of benzene rings is 2. The summed E-state index contributed by atoms with van der Waals surface area (Å²) in [6.07, 6.45) is 2.38. The highest BCUT2D eigenvalue weighted by molar-refractivity contribution is 5.74. The van der Waals surface area contributed by atoms with Crippen molar-refractivity contribution in [2.24, 2.45) is 0 Å². The van der Waals surface area contributed by atoms with Crippen molar-refractivity contribution >= 4 is 17.1 Å². The van der Waals surface area contributed by atoms with E-state index >= 15 is 0 Å². The van der Waals surface area contributed by atoms with Crippen molar-refractivity contribution < 1.29 is 0 Å². The van der Waals surface area contributed by atoms with Crippen molar-refractivity contribution in [3.63, 3.8) is 0 Å². The third-order valence-electron chi connectivity index (χ3n) is 3.10. The van der Waals surface area contributed by atoms with Crippen molar-refractivity contribution in [2.45, 2.75) is 32.7 Å². The van der Waals surface area contributed by atoms with Crippen molar-refractivity contribution in [1.82, 2.24) is 0 Å². The monoisotopic (exact) mass is 254 g/mol. The molecule has 1 atom stereocenters. The Labute approximate surface area is 115 Å². The van der Waals surface area contributed by atoms with Crippen LogP contribution in [-0.2, 0) is 0 Å². The molecule has 0 saturated heterocycles. The van der Waals surface area contributed by atoms with E-state index in [1.807, 2.05) is 18.2 Å². The zero-order chi connectivity index (χ0) is 13.5. The number of hydrogen-bond donors (Lipinski definition) is 2. The van der Waals surface area contributed by atoms with Gasteiger partial charge in [0.15, 0.2) is 0 Å². The number of rotatable bonds is 6. The van der Waals surface area contributed by atoms with Gasteiger partial charge in [0.25, 0.3) is 0 Å². The third-order valence-corrected chi connectivity index (χ3v) is 3.10. The molecule has 0 fully saturated rings. The van der Waals surface area contributed by atoms with E-state index in [2.05, 4.69) is 60.9 Å². The smallest absolute Gasteiger partial charge is 0.0620 e. The molecule has 2 aromatic rings. The lowest BCUT2D eigenvalue weighted by Crippen LogP contribution is -2.15. The summed E-state index contributed by atoms with van der Waals surface area (Å²) in [5.74, 6) is 0. The van der Waals surface area contributed by atoms with Crippen molar-refractivity contribution in [3.05, 3.63) is 54.6 Å². The quantitative estimate of drug-likeness (QED) is 0.755. The molecule has 2 heteroatoms. The van der Waals surface area contributed by atoms with E-state index in [-0.39, 0.29) is 0 Å². The standard InChI is InChI=1S/C17H22N2/c1-3-9-14(2)18-16-12-7-8-13-17(16)19-15-10-5-4-6-11-15/h4-8,10-14,18-19H,3,9H2,1-2H3. The van der Waals surface area contributed by atoms with Crippen LogP contribution in [0.25, 0.3) is 0 Å². The van der Waals surface area contributed by atoms with Crippen LogP contribution in [0, 0.1) is 0 Å². The van der Waals surface area contributed by atoms with Crippen LogP contribution in [0.1, 0.15) is 26.7 Å². The minimum Gasteiger partial charge on any atom is -0.381 e. The van der Waals surface area contributed by atoms with Gasteiger partial charge in [-0.2, -0.15) is 0 Å². The predicted octanol–water partition coefficient (Wildman–Crippen LogP) is 5.03. The summed E-state index contributed by atoms with van der Waals surface area (Å²) in [4.78, 5) is 0. The fraction of sp³-hybridized carbons (Fsp3) is 0.294. The van der Waals surface area contributed by atoms with Crippen LogP contribution in [-0.4, -0.2) is 6.04 Å².